The van der Waals surface area contributed by atoms with Gasteiger partial charge in [0.15, 0.2) is 0 Å². The van der Waals surface area contributed by atoms with Crippen molar-refractivity contribution in [3.05, 3.63) is 101 Å². The van der Waals surface area contributed by atoms with Gasteiger partial charge in [-0.05, 0) is 87.1 Å². The lowest BCUT2D eigenvalue weighted by atomic mass is 9.95. The normalized spacial score (nSPS) is 17.0. The number of likely N-dealkylation sites (tertiary alicyclic amines) is 1. The van der Waals surface area contributed by atoms with E-state index in [0.717, 1.165) is 17.7 Å². The maximum Gasteiger partial charge on any atom is 0.295 e. The first-order valence-electron chi connectivity index (χ1n) is 12.3. The minimum atomic E-state index is -0.800. The molecule has 1 aliphatic rings. The minimum absolute atomic E-state index is 0.00836. The van der Waals surface area contributed by atoms with E-state index in [1.807, 2.05) is 50.2 Å². The summed E-state index contributed by atoms with van der Waals surface area (Å²) < 4.78 is 5.90. The molecule has 0 saturated carbocycles. The second-order valence-electron chi connectivity index (χ2n) is 9.48. The smallest absolute Gasteiger partial charge is 0.295 e. The maximum absolute atomic E-state index is 13.1. The van der Waals surface area contributed by atoms with Crippen molar-refractivity contribution in [3.8, 4) is 11.5 Å². The summed E-state index contributed by atoms with van der Waals surface area (Å²) in [4.78, 5) is 29.7. The number of benzene rings is 3. The first-order valence-corrected chi connectivity index (χ1v) is 12.3. The lowest BCUT2D eigenvalue weighted by molar-refractivity contribution is -0.139. The number of aliphatic hydroxyl groups is 1. The van der Waals surface area contributed by atoms with Crippen LogP contribution in [0.3, 0.4) is 0 Å². The molecule has 1 aliphatic heterocycles. The molecule has 1 fully saturated rings. The average molecular weight is 501 g/mol. The molecule has 0 bridgehead atoms. The Hall–Kier alpha value is -4.10. The van der Waals surface area contributed by atoms with Crippen LogP contribution in [0.25, 0.3) is 5.76 Å². The molecule has 0 aromatic heterocycles. The van der Waals surface area contributed by atoms with E-state index in [1.54, 1.807) is 36.4 Å². The van der Waals surface area contributed by atoms with Crippen LogP contribution in [0.5, 0.6) is 11.5 Å². The van der Waals surface area contributed by atoms with Crippen molar-refractivity contribution in [3.63, 3.8) is 0 Å². The summed E-state index contributed by atoms with van der Waals surface area (Å²) >= 11 is 0. The van der Waals surface area contributed by atoms with Crippen LogP contribution in [0, 0.1) is 6.92 Å². The zero-order valence-electron chi connectivity index (χ0n) is 21.3. The maximum atomic E-state index is 13.1. The predicted molar refractivity (Wildman–Crippen MR) is 142 cm³/mol. The van der Waals surface area contributed by atoms with Crippen LogP contribution < -0.4 is 4.74 Å². The van der Waals surface area contributed by atoms with Crippen LogP contribution in [0.1, 0.15) is 34.7 Å². The lowest BCUT2D eigenvalue weighted by Crippen LogP contribution is -2.32. The molecule has 7 nitrogen and oxygen atoms in total. The number of aryl methyl sites for hydroxylation is 1. The second kappa shape index (κ2) is 11.3. The van der Waals surface area contributed by atoms with Crippen molar-refractivity contribution in [2.24, 2.45) is 0 Å². The number of Topliss-reactive ketones (excluding diaryl/α,β-unsaturated/α-hetero) is 1. The van der Waals surface area contributed by atoms with E-state index in [4.69, 9.17) is 4.74 Å². The molecule has 1 saturated heterocycles. The van der Waals surface area contributed by atoms with E-state index in [2.05, 4.69) is 0 Å². The fraction of sp³-hybridized carbons (Fsp3) is 0.267. The molecule has 192 valence electrons. The van der Waals surface area contributed by atoms with Crippen molar-refractivity contribution in [2.75, 3.05) is 27.2 Å². The monoisotopic (exact) mass is 500 g/mol. The van der Waals surface area contributed by atoms with Gasteiger partial charge < -0.3 is 24.7 Å². The number of carbonyl (C=O) groups excluding carboxylic acids is 2. The van der Waals surface area contributed by atoms with E-state index in [0.29, 0.717) is 36.4 Å². The lowest BCUT2D eigenvalue weighted by Gasteiger charge is -2.26. The van der Waals surface area contributed by atoms with Gasteiger partial charge in [-0.25, -0.2) is 0 Å². The Morgan fingerprint density at radius 3 is 2.41 bits per heavy atom. The van der Waals surface area contributed by atoms with Gasteiger partial charge in [0.05, 0.1) is 11.6 Å². The van der Waals surface area contributed by atoms with Gasteiger partial charge in [0, 0.05) is 12.1 Å². The molecule has 37 heavy (non-hydrogen) atoms. The minimum Gasteiger partial charge on any atom is -0.508 e. The highest BCUT2D eigenvalue weighted by atomic mass is 16.5. The number of carbonyl (C=O) groups is 2. The SMILES string of the molecule is Cc1ccccc1COc1ccc(C(O)=C2C(=O)C(=O)N(CCCN(C)C)[C@@H]2c2cccc(O)c2)cc1. The summed E-state index contributed by atoms with van der Waals surface area (Å²) in [5.41, 5.74) is 3.19. The van der Waals surface area contributed by atoms with Gasteiger partial charge in [-0.3, -0.25) is 9.59 Å². The quantitative estimate of drug-likeness (QED) is 0.253. The van der Waals surface area contributed by atoms with Gasteiger partial charge in [-0.2, -0.15) is 0 Å². The second-order valence-corrected chi connectivity index (χ2v) is 9.48. The van der Waals surface area contributed by atoms with E-state index in [9.17, 15) is 19.8 Å². The van der Waals surface area contributed by atoms with Crippen LogP contribution in [-0.2, 0) is 16.2 Å². The molecule has 4 rings (SSSR count). The molecule has 3 aromatic carbocycles. The third-order valence-electron chi connectivity index (χ3n) is 6.51. The van der Waals surface area contributed by atoms with Crippen molar-refractivity contribution < 1.29 is 24.5 Å². The first-order chi connectivity index (χ1) is 17.8. The van der Waals surface area contributed by atoms with Crippen molar-refractivity contribution in [1.82, 2.24) is 9.80 Å². The molecule has 2 N–H and O–H groups in total. The zero-order valence-corrected chi connectivity index (χ0v) is 21.3. The number of ether oxygens (including phenoxy) is 1. The fourth-order valence-electron chi connectivity index (χ4n) is 4.51. The molecule has 0 spiro atoms. The molecule has 1 atom stereocenters. The van der Waals surface area contributed by atoms with Crippen molar-refractivity contribution >= 4 is 17.4 Å². The zero-order chi connectivity index (χ0) is 26.5. The number of amides is 1. The number of aliphatic hydroxyl groups excluding tert-OH is 1. The molecule has 0 aliphatic carbocycles. The molecule has 1 amide bonds. The van der Waals surface area contributed by atoms with Crippen LogP contribution in [0.4, 0.5) is 0 Å². The molecule has 3 aromatic rings. The number of hydrogen-bond acceptors (Lipinski definition) is 6. The van der Waals surface area contributed by atoms with E-state index in [-0.39, 0.29) is 17.1 Å². The third-order valence-corrected chi connectivity index (χ3v) is 6.51. The number of phenols is 1. The van der Waals surface area contributed by atoms with Crippen LogP contribution in [0.15, 0.2) is 78.4 Å². The first kappa shape index (κ1) is 26.0. The molecule has 0 radical (unpaired) electrons. The number of rotatable bonds is 9. The van der Waals surface area contributed by atoms with Crippen molar-refractivity contribution in [1.29, 1.82) is 0 Å². The van der Waals surface area contributed by atoms with Crippen LogP contribution in [-0.4, -0.2) is 58.9 Å². The number of hydrogen-bond donors (Lipinski definition) is 2. The molecule has 0 unspecified atom stereocenters. The highest BCUT2D eigenvalue weighted by Gasteiger charge is 2.45. The van der Waals surface area contributed by atoms with E-state index >= 15 is 0 Å². The van der Waals surface area contributed by atoms with Gasteiger partial charge in [-0.1, -0.05) is 36.4 Å². The number of ketones is 1. The van der Waals surface area contributed by atoms with Gasteiger partial charge in [0.1, 0.15) is 23.9 Å². The third kappa shape index (κ3) is 5.84. The van der Waals surface area contributed by atoms with Gasteiger partial charge >= 0.3 is 0 Å². The average Bonchev–Trinajstić information content (AvgIpc) is 3.13. The summed E-state index contributed by atoms with van der Waals surface area (Å²) in [7, 11) is 3.88. The summed E-state index contributed by atoms with van der Waals surface area (Å²) in [6, 6.07) is 20.4. The highest BCUT2D eigenvalue weighted by Crippen LogP contribution is 2.40. The Balaban J connectivity index is 1.63. The van der Waals surface area contributed by atoms with Gasteiger partial charge in [0.25, 0.3) is 11.7 Å². The van der Waals surface area contributed by atoms with Crippen LogP contribution in [0.2, 0.25) is 0 Å². The summed E-state index contributed by atoms with van der Waals surface area (Å²) in [5, 5.41) is 21.3. The topological polar surface area (TPSA) is 90.3 Å². The summed E-state index contributed by atoms with van der Waals surface area (Å²) in [6.45, 7) is 3.51. The molecule has 7 heteroatoms. The number of phenolic OH excluding ortho intramolecular Hbond substituents is 1. The highest BCUT2D eigenvalue weighted by molar-refractivity contribution is 6.46. The number of nitrogens with zero attached hydrogens (tertiary/aromatic N) is 2. The molecule has 1 heterocycles. The summed E-state index contributed by atoms with van der Waals surface area (Å²) in [6.07, 6.45) is 0.655. The van der Waals surface area contributed by atoms with E-state index < -0.39 is 17.7 Å². The molecular weight excluding hydrogens is 468 g/mol. The summed E-state index contributed by atoms with van der Waals surface area (Å²) in [5.74, 6) is -1.02. The van der Waals surface area contributed by atoms with Crippen LogP contribution >= 0.6 is 0 Å². The Kier molecular flexibility index (Phi) is 7.94. The van der Waals surface area contributed by atoms with Gasteiger partial charge in [-0.15, -0.1) is 0 Å². The number of aromatic hydroxyl groups is 1. The van der Waals surface area contributed by atoms with E-state index in [1.165, 1.54) is 17.0 Å². The Morgan fingerprint density at radius 2 is 1.73 bits per heavy atom. The Morgan fingerprint density at radius 1 is 1.00 bits per heavy atom. The molecular formula is C30H32N2O5. The standard InChI is InChI=1S/C30H32N2O5/c1-20-8-4-5-9-23(20)19-37-25-14-12-21(13-15-25)28(34)26-27(22-10-6-11-24(33)18-22)32(30(36)29(26)35)17-7-16-31(2)3/h4-6,8-15,18,27,33-34H,7,16-17,19H2,1-3H3/t27-/m1/s1. The largest absolute Gasteiger partial charge is 0.508 e. The van der Waals surface area contributed by atoms with Crippen molar-refractivity contribution in [2.45, 2.75) is 26.0 Å². The fourth-order valence-corrected chi connectivity index (χ4v) is 4.51. The predicted octanol–water partition coefficient (Wildman–Crippen LogP) is 4.65. The Labute approximate surface area is 217 Å². The Bertz CT molecular complexity index is 1310. The van der Waals surface area contributed by atoms with Gasteiger partial charge in [0.2, 0.25) is 0 Å².